The number of anilines is 1. The fourth-order valence-corrected chi connectivity index (χ4v) is 3.82. The summed E-state index contributed by atoms with van der Waals surface area (Å²) in [5.41, 5.74) is 0.758. The normalized spacial score (nSPS) is 11.1. The van der Waals surface area contributed by atoms with Gasteiger partial charge in [-0.15, -0.1) is 10.2 Å². The third kappa shape index (κ3) is 5.99. The van der Waals surface area contributed by atoms with Crippen LogP contribution in [0.2, 0.25) is 0 Å². The molecule has 0 radical (unpaired) electrons. The lowest BCUT2D eigenvalue weighted by Crippen LogP contribution is -2.29. The smallest absolute Gasteiger partial charge is 0.269 e. The van der Waals surface area contributed by atoms with Gasteiger partial charge in [0.1, 0.15) is 17.1 Å². The molecular weight excluding hydrogens is 502 g/mol. The number of carbonyl (C=O) groups excluding carboxylic acids is 2. The molecule has 0 fully saturated rings. The number of fused-ring (bicyclic) bond motifs is 1. The number of nitrogens with one attached hydrogen (secondary N) is 2. The van der Waals surface area contributed by atoms with Crippen molar-refractivity contribution in [1.29, 1.82) is 0 Å². The topological polar surface area (TPSA) is 156 Å². The van der Waals surface area contributed by atoms with Crippen LogP contribution in [0.4, 0.5) is 22.7 Å². The molecule has 0 spiro atoms. The van der Waals surface area contributed by atoms with Crippen molar-refractivity contribution in [2.24, 2.45) is 10.2 Å². The van der Waals surface area contributed by atoms with Gasteiger partial charge in [0.05, 0.1) is 17.6 Å². The molecule has 0 aliphatic heterocycles. The molecule has 4 aromatic carbocycles. The standard InChI is InChI=1S/C28H25N5O6/c1-16(2)29-27(35)18-8-13-24(39-3)23(15-18)31-32-25-21-7-5-4-6-17(21)14-22(26(25)34)28(36)30-19-9-11-20(12-10-19)33(37)38/h4-16,34H,1-3H3,(H,29,35)(H,30,36). The monoisotopic (exact) mass is 527 g/mol. The number of rotatable bonds is 8. The number of hydrogen-bond donors (Lipinski definition) is 3. The van der Waals surface area contributed by atoms with Crippen molar-refractivity contribution in [3.8, 4) is 11.5 Å². The molecule has 3 N–H and O–H groups in total. The van der Waals surface area contributed by atoms with E-state index in [4.69, 9.17) is 4.74 Å². The van der Waals surface area contributed by atoms with E-state index in [2.05, 4.69) is 20.9 Å². The van der Waals surface area contributed by atoms with E-state index in [0.29, 0.717) is 27.8 Å². The minimum atomic E-state index is -0.645. The zero-order valence-electron chi connectivity index (χ0n) is 21.3. The van der Waals surface area contributed by atoms with E-state index in [1.807, 2.05) is 13.8 Å². The molecule has 39 heavy (non-hydrogen) atoms. The van der Waals surface area contributed by atoms with Crippen LogP contribution in [-0.4, -0.2) is 35.0 Å². The number of phenols is 1. The Balaban J connectivity index is 1.73. The number of hydrogen-bond acceptors (Lipinski definition) is 8. The lowest BCUT2D eigenvalue weighted by atomic mass is 10.0. The van der Waals surface area contributed by atoms with E-state index < -0.39 is 16.6 Å². The molecule has 198 valence electrons. The molecule has 0 saturated carbocycles. The highest BCUT2D eigenvalue weighted by molar-refractivity contribution is 6.11. The van der Waals surface area contributed by atoms with Gasteiger partial charge >= 0.3 is 0 Å². The lowest BCUT2D eigenvalue weighted by molar-refractivity contribution is -0.384. The molecule has 0 aliphatic carbocycles. The van der Waals surface area contributed by atoms with Gasteiger partial charge in [-0.05, 0) is 55.6 Å². The zero-order valence-corrected chi connectivity index (χ0v) is 21.3. The number of aromatic hydroxyl groups is 1. The number of azo groups is 1. The van der Waals surface area contributed by atoms with Gasteiger partial charge < -0.3 is 20.5 Å². The summed E-state index contributed by atoms with van der Waals surface area (Å²) in [7, 11) is 1.46. The van der Waals surface area contributed by atoms with Gasteiger partial charge in [-0.25, -0.2) is 0 Å². The van der Waals surface area contributed by atoms with Crippen molar-refractivity contribution in [2.75, 3.05) is 12.4 Å². The maximum absolute atomic E-state index is 13.1. The Kier molecular flexibility index (Phi) is 7.80. The average molecular weight is 528 g/mol. The van der Waals surface area contributed by atoms with Gasteiger partial charge in [0.25, 0.3) is 17.5 Å². The number of nitrogens with zero attached hydrogens (tertiary/aromatic N) is 3. The Morgan fingerprint density at radius 2 is 1.69 bits per heavy atom. The quantitative estimate of drug-likeness (QED) is 0.139. The Morgan fingerprint density at radius 1 is 0.974 bits per heavy atom. The number of nitro benzene ring substituents is 1. The SMILES string of the molecule is COc1ccc(C(=O)NC(C)C)cc1N=Nc1c(O)c(C(=O)Nc2ccc([N+](=O)[O-])cc2)cc2ccccc12. The molecule has 0 saturated heterocycles. The summed E-state index contributed by atoms with van der Waals surface area (Å²) in [6.45, 7) is 3.70. The number of non-ortho nitro benzene ring substituents is 1. The second kappa shape index (κ2) is 11.4. The van der Waals surface area contributed by atoms with Gasteiger partial charge in [-0.1, -0.05) is 24.3 Å². The van der Waals surface area contributed by atoms with Crippen LogP contribution in [0.1, 0.15) is 34.6 Å². The molecule has 0 atom stereocenters. The lowest BCUT2D eigenvalue weighted by Gasteiger charge is -2.12. The highest BCUT2D eigenvalue weighted by Gasteiger charge is 2.19. The number of ether oxygens (including phenoxy) is 1. The van der Waals surface area contributed by atoms with Crippen LogP contribution in [0.5, 0.6) is 11.5 Å². The Bertz CT molecular complexity index is 1600. The Labute approximate surface area is 223 Å². The van der Waals surface area contributed by atoms with Gasteiger partial charge in [-0.2, -0.15) is 0 Å². The number of amides is 2. The summed E-state index contributed by atoms with van der Waals surface area (Å²) in [6, 6.07) is 18.5. The van der Waals surface area contributed by atoms with E-state index in [1.54, 1.807) is 36.4 Å². The molecular formula is C28H25N5O6. The summed E-state index contributed by atoms with van der Waals surface area (Å²) >= 11 is 0. The van der Waals surface area contributed by atoms with E-state index >= 15 is 0 Å². The molecule has 11 nitrogen and oxygen atoms in total. The van der Waals surface area contributed by atoms with Crippen LogP contribution in [-0.2, 0) is 0 Å². The average Bonchev–Trinajstić information content (AvgIpc) is 2.92. The van der Waals surface area contributed by atoms with E-state index in [0.717, 1.165) is 0 Å². The fraction of sp³-hybridized carbons (Fsp3) is 0.143. The first-order chi connectivity index (χ1) is 18.7. The van der Waals surface area contributed by atoms with E-state index in [1.165, 1.54) is 43.5 Å². The number of methoxy groups -OCH3 is 1. The summed E-state index contributed by atoms with van der Waals surface area (Å²) in [5, 5.41) is 37.1. The first kappa shape index (κ1) is 26.7. The summed E-state index contributed by atoms with van der Waals surface area (Å²) < 4.78 is 5.36. The maximum atomic E-state index is 13.1. The summed E-state index contributed by atoms with van der Waals surface area (Å²) in [6.07, 6.45) is 0. The Morgan fingerprint density at radius 3 is 2.36 bits per heavy atom. The minimum absolute atomic E-state index is 0.0426. The third-order valence-electron chi connectivity index (χ3n) is 5.69. The summed E-state index contributed by atoms with van der Waals surface area (Å²) in [5.74, 6) is -0.990. The van der Waals surface area contributed by atoms with Crippen LogP contribution in [0.15, 0.2) is 83.0 Å². The van der Waals surface area contributed by atoms with Crippen LogP contribution >= 0.6 is 0 Å². The van der Waals surface area contributed by atoms with E-state index in [-0.39, 0.29) is 34.6 Å². The third-order valence-corrected chi connectivity index (χ3v) is 5.69. The fourth-order valence-electron chi connectivity index (χ4n) is 3.82. The second-order valence-corrected chi connectivity index (χ2v) is 8.82. The van der Waals surface area contributed by atoms with Crippen LogP contribution in [0, 0.1) is 10.1 Å². The molecule has 4 aromatic rings. The molecule has 0 aliphatic rings. The number of carbonyl (C=O) groups is 2. The predicted octanol–water partition coefficient (Wildman–Crippen LogP) is 6.27. The molecule has 11 heteroatoms. The van der Waals surface area contributed by atoms with Crippen molar-refractivity contribution >= 4 is 45.3 Å². The zero-order chi connectivity index (χ0) is 28.1. The number of benzene rings is 4. The van der Waals surface area contributed by atoms with Gasteiger partial charge in [0.15, 0.2) is 5.75 Å². The van der Waals surface area contributed by atoms with Crippen molar-refractivity contribution < 1.29 is 24.4 Å². The van der Waals surface area contributed by atoms with Crippen molar-refractivity contribution in [2.45, 2.75) is 19.9 Å². The molecule has 0 bridgehead atoms. The maximum Gasteiger partial charge on any atom is 0.269 e. The van der Waals surface area contributed by atoms with Gasteiger partial charge in [0.2, 0.25) is 0 Å². The second-order valence-electron chi connectivity index (χ2n) is 8.82. The van der Waals surface area contributed by atoms with Crippen molar-refractivity contribution in [3.63, 3.8) is 0 Å². The van der Waals surface area contributed by atoms with Crippen molar-refractivity contribution in [1.82, 2.24) is 5.32 Å². The highest BCUT2D eigenvalue weighted by Crippen LogP contribution is 2.40. The van der Waals surface area contributed by atoms with Crippen LogP contribution in [0.3, 0.4) is 0 Å². The summed E-state index contributed by atoms with van der Waals surface area (Å²) in [4.78, 5) is 35.9. The Hall–Kier alpha value is -5.32. The molecule has 2 amide bonds. The van der Waals surface area contributed by atoms with Crippen LogP contribution in [0.25, 0.3) is 10.8 Å². The van der Waals surface area contributed by atoms with E-state index in [9.17, 15) is 24.8 Å². The van der Waals surface area contributed by atoms with Gasteiger partial charge in [-0.3, -0.25) is 19.7 Å². The van der Waals surface area contributed by atoms with Crippen LogP contribution < -0.4 is 15.4 Å². The molecule has 0 aromatic heterocycles. The first-order valence-corrected chi connectivity index (χ1v) is 11.9. The number of phenolic OH excluding ortho intramolecular Hbond substituents is 1. The highest BCUT2D eigenvalue weighted by atomic mass is 16.6. The largest absolute Gasteiger partial charge is 0.505 e. The van der Waals surface area contributed by atoms with Gasteiger partial charge in [0, 0.05) is 34.8 Å². The molecule has 0 heterocycles. The number of nitro groups is 1. The first-order valence-electron chi connectivity index (χ1n) is 11.9. The minimum Gasteiger partial charge on any atom is -0.505 e. The predicted molar refractivity (Wildman–Crippen MR) is 146 cm³/mol. The van der Waals surface area contributed by atoms with Crippen molar-refractivity contribution in [3.05, 3.63) is 94.0 Å². The molecule has 0 unspecified atom stereocenters. The molecule has 4 rings (SSSR count).